The van der Waals surface area contributed by atoms with Gasteiger partial charge in [-0.3, -0.25) is 4.79 Å². The van der Waals surface area contributed by atoms with Gasteiger partial charge in [-0.25, -0.2) is 0 Å². The number of carbonyl (C=O) groups excluding carboxylic acids is 1. The van der Waals surface area contributed by atoms with Gasteiger partial charge >= 0.3 is 0 Å². The molecule has 0 saturated heterocycles. The van der Waals surface area contributed by atoms with Crippen LogP contribution in [-0.4, -0.2) is 27.0 Å². The average Bonchev–Trinajstić information content (AvgIpc) is 3.29. The van der Waals surface area contributed by atoms with Crippen LogP contribution >= 0.6 is 11.3 Å². The molecule has 0 atom stereocenters. The first-order chi connectivity index (χ1) is 12.1. The highest BCUT2D eigenvalue weighted by molar-refractivity contribution is 7.13. The highest BCUT2D eigenvalue weighted by atomic mass is 32.1. The number of hydrogen-bond acceptors (Lipinski definition) is 5. The van der Waals surface area contributed by atoms with Gasteiger partial charge in [-0.2, -0.15) is 4.98 Å². The van der Waals surface area contributed by atoms with E-state index in [-0.39, 0.29) is 11.9 Å². The molecule has 2 heterocycles. The summed E-state index contributed by atoms with van der Waals surface area (Å²) in [7, 11) is 0. The van der Waals surface area contributed by atoms with Gasteiger partial charge < -0.3 is 9.42 Å². The van der Waals surface area contributed by atoms with Crippen LogP contribution in [0.15, 0.2) is 52.4 Å². The highest BCUT2D eigenvalue weighted by Gasteiger charge is 2.20. The summed E-state index contributed by atoms with van der Waals surface area (Å²) in [4.78, 5) is 19.8. The van der Waals surface area contributed by atoms with Gasteiger partial charge in [0.2, 0.25) is 17.6 Å². The molecule has 0 aliphatic carbocycles. The van der Waals surface area contributed by atoms with Crippen molar-refractivity contribution >= 4 is 17.2 Å². The summed E-state index contributed by atoms with van der Waals surface area (Å²) < 4.78 is 5.33. The standard InChI is InChI=1S/C19H21N3O2S/c1-14(2)22(18(23)11-10-15-7-4-3-5-8-15)13-17-20-19(21-24-17)16-9-6-12-25-16/h3-9,12,14H,10-11,13H2,1-2H3. The normalized spacial score (nSPS) is 11.0. The predicted molar refractivity (Wildman–Crippen MR) is 98.1 cm³/mol. The number of benzene rings is 1. The molecule has 0 saturated carbocycles. The summed E-state index contributed by atoms with van der Waals surface area (Å²) >= 11 is 1.56. The monoisotopic (exact) mass is 355 g/mol. The van der Waals surface area contributed by atoms with Crippen molar-refractivity contribution in [3.05, 3.63) is 59.3 Å². The number of amides is 1. The number of aromatic nitrogens is 2. The SMILES string of the molecule is CC(C)N(Cc1nc(-c2cccs2)no1)C(=O)CCc1ccccc1. The van der Waals surface area contributed by atoms with Gasteiger partial charge in [-0.15, -0.1) is 11.3 Å². The molecular weight excluding hydrogens is 334 g/mol. The van der Waals surface area contributed by atoms with Crippen LogP contribution in [0.4, 0.5) is 0 Å². The van der Waals surface area contributed by atoms with Gasteiger partial charge in [-0.1, -0.05) is 41.6 Å². The Morgan fingerprint density at radius 2 is 2.00 bits per heavy atom. The lowest BCUT2D eigenvalue weighted by molar-refractivity contribution is -0.133. The van der Waals surface area contributed by atoms with E-state index in [1.54, 1.807) is 16.2 Å². The van der Waals surface area contributed by atoms with Gasteiger partial charge in [0, 0.05) is 12.5 Å². The van der Waals surface area contributed by atoms with Crippen LogP contribution in [0.25, 0.3) is 10.7 Å². The summed E-state index contributed by atoms with van der Waals surface area (Å²) in [5.74, 6) is 1.13. The summed E-state index contributed by atoms with van der Waals surface area (Å²) in [6, 6.07) is 14.0. The fourth-order valence-corrected chi connectivity index (χ4v) is 3.22. The van der Waals surface area contributed by atoms with Crippen molar-refractivity contribution in [1.82, 2.24) is 15.0 Å². The Labute approximate surface area is 151 Å². The maximum atomic E-state index is 12.6. The number of hydrogen-bond donors (Lipinski definition) is 0. The molecule has 5 nitrogen and oxygen atoms in total. The van der Waals surface area contributed by atoms with E-state index in [1.165, 1.54) is 0 Å². The molecule has 130 valence electrons. The fraction of sp³-hybridized carbons (Fsp3) is 0.316. The van der Waals surface area contributed by atoms with Crippen molar-refractivity contribution in [1.29, 1.82) is 0 Å². The van der Waals surface area contributed by atoms with Crippen molar-refractivity contribution in [2.24, 2.45) is 0 Å². The lowest BCUT2D eigenvalue weighted by atomic mass is 10.1. The van der Waals surface area contributed by atoms with Crippen LogP contribution in [0.3, 0.4) is 0 Å². The fourth-order valence-electron chi connectivity index (χ4n) is 2.57. The maximum absolute atomic E-state index is 12.6. The Balaban J connectivity index is 1.64. The number of rotatable bonds is 7. The van der Waals surface area contributed by atoms with Crippen LogP contribution in [0.5, 0.6) is 0 Å². The lowest BCUT2D eigenvalue weighted by Gasteiger charge is -2.25. The van der Waals surface area contributed by atoms with Gasteiger partial charge in [0.05, 0.1) is 4.88 Å². The predicted octanol–water partition coefficient (Wildman–Crippen LogP) is 4.17. The average molecular weight is 355 g/mol. The first kappa shape index (κ1) is 17.4. The molecule has 3 aromatic rings. The second-order valence-electron chi connectivity index (χ2n) is 6.09. The molecule has 2 aromatic heterocycles. The molecule has 1 aromatic carbocycles. The Kier molecular flexibility index (Phi) is 5.60. The van der Waals surface area contributed by atoms with Crippen molar-refractivity contribution in [2.45, 2.75) is 39.3 Å². The number of thiophene rings is 1. The second-order valence-corrected chi connectivity index (χ2v) is 7.04. The van der Waals surface area contributed by atoms with Crippen LogP contribution in [0.2, 0.25) is 0 Å². The molecule has 0 fully saturated rings. The van der Waals surface area contributed by atoms with Crippen LogP contribution < -0.4 is 0 Å². The zero-order valence-electron chi connectivity index (χ0n) is 14.4. The molecule has 0 N–H and O–H groups in total. The van der Waals surface area contributed by atoms with Crippen LogP contribution in [0.1, 0.15) is 31.7 Å². The quantitative estimate of drug-likeness (QED) is 0.638. The van der Waals surface area contributed by atoms with Crippen molar-refractivity contribution in [3.63, 3.8) is 0 Å². The molecule has 3 rings (SSSR count). The van der Waals surface area contributed by atoms with Crippen LogP contribution in [-0.2, 0) is 17.8 Å². The largest absolute Gasteiger partial charge is 0.337 e. The highest BCUT2D eigenvalue weighted by Crippen LogP contribution is 2.22. The first-order valence-corrected chi connectivity index (χ1v) is 9.21. The minimum atomic E-state index is 0.0698. The number of aryl methyl sites for hydroxylation is 1. The first-order valence-electron chi connectivity index (χ1n) is 8.33. The Morgan fingerprint density at radius 1 is 1.20 bits per heavy atom. The van der Waals surface area contributed by atoms with E-state index < -0.39 is 0 Å². The van der Waals surface area contributed by atoms with Gasteiger partial charge in [0.1, 0.15) is 6.54 Å². The molecule has 1 amide bonds. The van der Waals surface area contributed by atoms with Crippen molar-refractivity contribution < 1.29 is 9.32 Å². The van der Waals surface area contributed by atoms with Gasteiger partial charge in [0.15, 0.2) is 0 Å². The number of carbonyl (C=O) groups is 1. The third-order valence-corrected chi connectivity index (χ3v) is 4.80. The van der Waals surface area contributed by atoms with Crippen molar-refractivity contribution in [3.8, 4) is 10.7 Å². The van der Waals surface area contributed by atoms with E-state index in [2.05, 4.69) is 10.1 Å². The lowest BCUT2D eigenvalue weighted by Crippen LogP contribution is -2.36. The van der Waals surface area contributed by atoms with E-state index in [0.717, 1.165) is 16.9 Å². The molecule has 0 spiro atoms. The van der Waals surface area contributed by atoms with E-state index in [1.807, 2.05) is 61.7 Å². The molecular formula is C19H21N3O2S. The molecule has 0 radical (unpaired) electrons. The molecule has 25 heavy (non-hydrogen) atoms. The van der Waals surface area contributed by atoms with Gasteiger partial charge in [-0.05, 0) is 37.3 Å². The molecule has 0 aliphatic heterocycles. The summed E-state index contributed by atoms with van der Waals surface area (Å²) in [5.41, 5.74) is 1.16. The summed E-state index contributed by atoms with van der Waals surface area (Å²) in [5, 5.41) is 5.98. The minimum Gasteiger partial charge on any atom is -0.337 e. The van der Waals surface area contributed by atoms with Crippen LogP contribution in [0, 0.1) is 0 Å². The topological polar surface area (TPSA) is 59.2 Å². The molecule has 0 unspecified atom stereocenters. The Hall–Kier alpha value is -2.47. The van der Waals surface area contributed by atoms with E-state index in [4.69, 9.17) is 4.52 Å². The third-order valence-electron chi connectivity index (χ3n) is 3.93. The zero-order valence-corrected chi connectivity index (χ0v) is 15.2. The molecule has 6 heteroatoms. The Morgan fingerprint density at radius 3 is 2.68 bits per heavy atom. The zero-order chi connectivity index (χ0) is 17.6. The number of nitrogens with zero attached hydrogens (tertiary/aromatic N) is 3. The molecule has 0 aliphatic rings. The van der Waals surface area contributed by atoms with E-state index in [0.29, 0.717) is 24.7 Å². The van der Waals surface area contributed by atoms with Crippen molar-refractivity contribution in [2.75, 3.05) is 0 Å². The van der Waals surface area contributed by atoms with Gasteiger partial charge in [0.25, 0.3) is 0 Å². The Bertz CT molecular complexity index is 797. The summed E-state index contributed by atoms with van der Waals surface area (Å²) in [6.45, 7) is 4.33. The second kappa shape index (κ2) is 8.07. The summed E-state index contributed by atoms with van der Waals surface area (Å²) in [6.07, 6.45) is 1.20. The smallest absolute Gasteiger partial charge is 0.246 e. The third kappa shape index (κ3) is 4.54. The molecule has 0 bridgehead atoms. The van der Waals surface area contributed by atoms with E-state index >= 15 is 0 Å². The minimum absolute atomic E-state index is 0.0698. The maximum Gasteiger partial charge on any atom is 0.246 e. The van der Waals surface area contributed by atoms with E-state index in [9.17, 15) is 4.79 Å².